The zero-order valence-electron chi connectivity index (χ0n) is 12.8. The molecule has 0 aromatic heterocycles. The number of hydrazine groups is 1. The monoisotopic (exact) mass is 336 g/mol. The first-order valence-electron chi connectivity index (χ1n) is 7.90. The number of rotatable bonds is 3. The molecule has 2 saturated heterocycles. The lowest BCUT2D eigenvalue weighted by Gasteiger charge is -2.32. The van der Waals surface area contributed by atoms with Gasteiger partial charge in [0.15, 0.2) is 0 Å². The summed E-state index contributed by atoms with van der Waals surface area (Å²) >= 11 is 6.22. The molecule has 1 aromatic rings. The topological polar surface area (TPSA) is 87.5 Å². The predicted octanol–water partition coefficient (Wildman–Crippen LogP) is 0.971. The van der Waals surface area contributed by atoms with Crippen molar-refractivity contribution >= 4 is 23.4 Å². The Morgan fingerprint density at radius 3 is 2.52 bits per heavy atom. The van der Waals surface area contributed by atoms with Crippen LogP contribution in [0.3, 0.4) is 0 Å². The normalized spacial score (nSPS) is 25.5. The van der Waals surface area contributed by atoms with Crippen LogP contribution in [-0.4, -0.2) is 35.8 Å². The average Bonchev–Trinajstić information content (AvgIpc) is 3.04. The Kier molecular flexibility index (Phi) is 4.84. The number of halogens is 1. The highest BCUT2D eigenvalue weighted by atomic mass is 35.5. The van der Waals surface area contributed by atoms with Crippen LogP contribution in [0.15, 0.2) is 24.3 Å². The summed E-state index contributed by atoms with van der Waals surface area (Å²) in [5.41, 5.74) is 12.5. The first-order chi connectivity index (χ1) is 11.1. The maximum atomic E-state index is 12.6. The van der Waals surface area contributed by atoms with Gasteiger partial charge in [0.05, 0.1) is 0 Å². The SMILES string of the molecule is NC(=O)C1CCN(C(=O)C2CC(c3ccccc3Cl)NN2)CC1. The van der Waals surface area contributed by atoms with Crippen molar-refractivity contribution in [2.45, 2.75) is 31.3 Å². The predicted molar refractivity (Wildman–Crippen MR) is 87.4 cm³/mol. The number of piperidine rings is 1. The number of primary amides is 1. The summed E-state index contributed by atoms with van der Waals surface area (Å²) in [4.78, 5) is 25.6. The number of nitrogens with one attached hydrogen (secondary N) is 2. The van der Waals surface area contributed by atoms with E-state index in [0.717, 1.165) is 5.56 Å². The molecule has 3 rings (SSSR count). The molecule has 1 aromatic carbocycles. The second-order valence-electron chi connectivity index (χ2n) is 6.15. The largest absolute Gasteiger partial charge is 0.369 e. The summed E-state index contributed by atoms with van der Waals surface area (Å²) in [7, 11) is 0. The smallest absolute Gasteiger partial charge is 0.241 e. The van der Waals surface area contributed by atoms with Crippen LogP contribution in [0.1, 0.15) is 30.9 Å². The van der Waals surface area contributed by atoms with Gasteiger partial charge in [-0.3, -0.25) is 9.59 Å². The van der Waals surface area contributed by atoms with E-state index in [4.69, 9.17) is 17.3 Å². The number of nitrogens with two attached hydrogens (primary N) is 1. The van der Waals surface area contributed by atoms with Crippen LogP contribution in [0.25, 0.3) is 0 Å². The summed E-state index contributed by atoms with van der Waals surface area (Å²) < 4.78 is 0. The van der Waals surface area contributed by atoms with Gasteiger partial charge in [-0.2, -0.15) is 0 Å². The lowest BCUT2D eigenvalue weighted by atomic mass is 9.95. The zero-order valence-corrected chi connectivity index (χ0v) is 13.6. The molecule has 2 unspecified atom stereocenters. The lowest BCUT2D eigenvalue weighted by Crippen LogP contribution is -2.49. The third-order valence-electron chi connectivity index (χ3n) is 4.69. The maximum Gasteiger partial charge on any atom is 0.241 e. The second kappa shape index (κ2) is 6.86. The average molecular weight is 337 g/mol. The van der Waals surface area contributed by atoms with E-state index in [9.17, 15) is 9.59 Å². The van der Waals surface area contributed by atoms with Gasteiger partial charge in [-0.15, -0.1) is 0 Å². The minimum absolute atomic E-state index is 0.0146. The standard InChI is InChI=1S/C16H21ClN4O2/c17-12-4-2-1-3-11(12)13-9-14(20-19-13)16(23)21-7-5-10(6-8-21)15(18)22/h1-4,10,13-14,19-20H,5-9H2,(H2,18,22). The number of nitrogens with zero attached hydrogens (tertiary/aromatic N) is 1. The number of likely N-dealkylation sites (tertiary alicyclic amines) is 1. The molecule has 4 N–H and O–H groups in total. The van der Waals surface area contributed by atoms with E-state index in [1.165, 1.54) is 0 Å². The van der Waals surface area contributed by atoms with Gasteiger partial charge in [-0.25, -0.2) is 10.9 Å². The summed E-state index contributed by atoms with van der Waals surface area (Å²) in [6.45, 7) is 1.17. The molecule has 2 aliphatic rings. The molecular weight excluding hydrogens is 316 g/mol. The van der Waals surface area contributed by atoms with Crippen LogP contribution in [0.5, 0.6) is 0 Å². The van der Waals surface area contributed by atoms with Gasteiger partial charge >= 0.3 is 0 Å². The fourth-order valence-corrected chi connectivity index (χ4v) is 3.55. The van der Waals surface area contributed by atoms with Crippen molar-refractivity contribution in [3.05, 3.63) is 34.9 Å². The molecule has 0 radical (unpaired) electrons. The quantitative estimate of drug-likeness (QED) is 0.767. The first kappa shape index (κ1) is 16.2. The maximum absolute atomic E-state index is 12.6. The van der Waals surface area contributed by atoms with Crippen LogP contribution >= 0.6 is 11.6 Å². The van der Waals surface area contributed by atoms with E-state index in [2.05, 4.69) is 10.9 Å². The van der Waals surface area contributed by atoms with Gasteiger partial charge < -0.3 is 10.6 Å². The van der Waals surface area contributed by atoms with Gasteiger partial charge in [0.25, 0.3) is 0 Å². The molecule has 2 fully saturated rings. The van der Waals surface area contributed by atoms with Crippen LogP contribution in [0.2, 0.25) is 5.02 Å². The fraction of sp³-hybridized carbons (Fsp3) is 0.500. The Bertz CT molecular complexity index is 601. The van der Waals surface area contributed by atoms with Crippen LogP contribution in [0, 0.1) is 5.92 Å². The van der Waals surface area contributed by atoms with Gasteiger partial charge in [0, 0.05) is 30.1 Å². The zero-order chi connectivity index (χ0) is 16.4. The van der Waals surface area contributed by atoms with Crippen molar-refractivity contribution < 1.29 is 9.59 Å². The lowest BCUT2D eigenvalue weighted by molar-refractivity contribution is -0.136. The molecular formula is C16H21ClN4O2. The Labute approximate surface area is 140 Å². The molecule has 0 spiro atoms. The number of hydrogen-bond donors (Lipinski definition) is 3. The van der Waals surface area contributed by atoms with E-state index >= 15 is 0 Å². The van der Waals surface area contributed by atoms with E-state index < -0.39 is 0 Å². The summed E-state index contributed by atoms with van der Waals surface area (Å²) in [6, 6.07) is 7.38. The second-order valence-corrected chi connectivity index (χ2v) is 6.56. The Morgan fingerprint density at radius 2 is 1.87 bits per heavy atom. The van der Waals surface area contributed by atoms with Crippen molar-refractivity contribution in [2.75, 3.05) is 13.1 Å². The van der Waals surface area contributed by atoms with Crippen LogP contribution < -0.4 is 16.6 Å². The van der Waals surface area contributed by atoms with Crippen LogP contribution in [0.4, 0.5) is 0 Å². The minimum atomic E-state index is -0.276. The number of carbonyl (C=O) groups excluding carboxylic acids is 2. The third-order valence-corrected chi connectivity index (χ3v) is 5.04. The van der Waals surface area contributed by atoms with Crippen molar-refractivity contribution in [2.24, 2.45) is 11.7 Å². The molecule has 23 heavy (non-hydrogen) atoms. The highest BCUT2D eigenvalue weighted by molar-refractivity contribution is 6.31. The van der Waals surface area contributed by atoms with E-state index in [0.29, 0.717) is 37.4 Å². The minimum Gasteiger partial charge on any atom is -0.369 e. The first-order valence-corrected chi connectivity index (χ1v) is 8.27. The molecule has 2 aliphatic heterocycles. The highest BCUT2D eigenvalue weighted by Gasteiger charge is 2.35. The van der Waals surface area contributed by atoms with E-state index in [1.807, 2.05) is 29.2 Å². The van der Waals surface area contributed by atoms with Crippen molar-refractivity contribution in [3.8, 4) is 0 Å². The molecule has 0 bridgehead atoms. The molecule has 124 valence electrons. The van der Waals surface area contributed by atoms with E-state index in [-0.39, 0.29) is 29.8 Å². The molecule has 6 nitrogen and oxygen atoms in total. The number of benzene rings is 1. The van der Waals surface area contributed by atoms with Crippen molar-refractivity contribution in [3.63, 3.8) is 0 Å². The summed E-state index contributed by atoms with van der Waals surface area (Å²) in [5, 5.41) is 0.696. The molecule has 0 aliphatic carbocycles. The van der Waals surface area contributed by atoms with Gasteiger partial charge in [-0.1, -0.05) is 29.8 Å². The van der Waals surface area contributed by atoms with Crippen molar-refractivity contribution in [1.29, 1.82) is 0 Å². The fourth-order valence-electron chi connectivity index (χ4n) is 3.28. The van der Waals surface area contributed by atoms with Gasteiger partial charge in [0.1, 0.15) is 6.04 Å². The van der Waals surface area contributed by atoms with Gasteiger partial charge in [0.2, 0.25) is 11.8 Å². The highest BCUT2D eigenvalue weighted by Crippen LogP contribution is 2.29. The van der Waals surface area contributed by atoms with E-state index in [1.54, 1.807) is 0 Å². The van der Waals surface area contributed by atoms with Crippen molar-refractivity contribution in [1.82, 2.24) is 15.8 Å². The Morgan fingerprint density at radius 1 is 1.17 bits per heavy atom. The molecule has 2 amide bonds. The summed E-state index contributed by atoms with van der Waals surface area (Å²) in [5.74, 6) is -0.309. The third kappa shape index (κ3) is 3.49. The Balaban J connectivity index is 1.58. The number of hydrogen-bond acceptors (Lipinski definition) is 4. The summed E-state index contributed by atoms with van der Waals surface area (Å²) in [6.07, 6.45) is 1.95. The number of amides is 2. The molecule has 0 saturated carbocycles. The molecule has 2 heterocycles. The molecule has 2 atom stereocenters. The number of carbonyl (C=O) groups is 2. The molecule has 7 heteroatoms. The Hall–Kier alpha value is -1.63. The van der Waals surface area contributed by atoms with Crippen LogP contribution in [-0.2, 0) is 9.59 Å². The van der Waals surface area contributed by atoms with Gasteiger partial charge in [-0.05, 0) is 30.9 Å².